The van der Waals surface area contributed by atoms with E-state index in [1.54, 1.807) is 0 Å². The van der Waals surface area contributed by atoms with Crippen molar-refractivity contribution >= 4 is 24.6 Å². The third-order valence-corrected chi connectivity index (χ3v) is 3.33. The van der Waals surface area contributed by atoms with E-state index >= 15 is 0 Å². The van der Waals surface area contributed by atoms with Gasteiger partial charge in [0.05, 0.1) is 20.1 Å². The summed E-state index contributed by atoms with van der Waals surface area (Å²) in [5, 5.41) is 0. The zero-order valence-corrected chi connectivity index (χ0v) is 12.1. The van der Waals surface area contributed by atoms with Crippen LogP contribution in [0.2, 0.25) is 0 Å². The van der Waals surface area contributed by atoms with Gasteiger partial charge in [-0.2, -0.15) is 12.6 Å². The summed E-state index contributed by atoms with van der Waals surface area (Å²) in [6.45, 7) is 3.20. The molecule has 0 saturated heterocycles. The van der Waals surface area contributed by atoms with Crippen LogP contribution in [0.5, 0.6) is 0 Å². The molecule has 1 aromatic rings. The van der Waals surface area contributed by atoms with E-state index in [1.165, 1.54) is 4.90 Å². The van der Waals surface area contributed by atoms with Gasteiger partial charge in [0, 0.05) is 37.0 Å². The van der Waals surface area contributed by atoms with E-state index in [-0.39, 0.29) is 0 Å². The molecule has 1 N–H and O–H groups in total. The molecule has 0 aliphatic rings. The molecule has 0 amide bonds. The monoisotopic (exact) mass is 267 g/mol. The number of carbonyl (C=O) groups excluding carboxylic acids is 1. The normalized spacial score (nSPS) is 12.2. The van der Waals surface area contributed by atoms with Crippen molar-refractivity contribution in [2.75, 3.05) is 44.4 Å². The first-order valence-corrected chi connectivity index (χ1v) is 6.99. The number of carbonyl (C=O) groups is 1. The van der Waals surface area contributed by atoms with Gasteiger partial charge < -0.3 is 9.80 Å². The number of benzene rings is 1. The first kappa shape index (κ1) is 15.1. The fourth-order valence-corrected chi connectivity index (χ4v) is 2.37. The van der Waals surface area contributed by atoms with Crippen molar-refractivity contribution in [3.63, 3.8) is 0 Å². The molecule has 4 heteroatoms. The summed E-state index contributed by atoms with van der Waals surface area (Å²) in [4.78, 5) is 14.6. The Hall–Kier alpha value is -1.00. The van der Waals surface area contributed by atoms with Crippen molar-refractivity contribution in [3.8, 4) is 0 Å². The van der Waals surface area contributed by atoms with Gasteiger partial charge in [-0.3, -0.25) is 4.79 Å². The highest BCUT2D eigenvalue weighted by Gasteiger charge is 2.07. The molecule has 1 unspecified atom stereocenters. The molecule has 0 aliphatic carbocycles. The van der Waals surface area contributed by atoms with Crippen molar-refractivity contribution in [1.29, 1.82) is 0 Å². The van der Waals surface area contributed by atoms with Gasteiger partial charge in [0.15, 0.2) is 6.29 Å². The molecule has 1 aromatic carbocycles. The highest BCUT2D eigenvalue weighted by molar-refractivity contribution is 7.80. The lowest BCUT2D eigenvalue weighted by Crippen LogP contribution is -3.09. The number of hydrogen-bond acceptors (Lipinski definition) is 3. The summed E-state index contributed by atoms with van der Waals surface area (Å²) in [6, 6.07) is 7.72. The van der Waals surface area contributed by atoms with Crippen molar-refractivity contribution in [1.82, 2.24) is 0 Å². The lowest BCUT2D eigenvalue weighted by molar-refractivity contribution is -0.876. The summed E-state index contributed by atoms with van der Waals surface area (Å²) in [6.07, 6.45) is 2.04. The molecule has 1 rings (SSSR count). The van der Waals surface area contributed by atoms with Crippen LogP contribution < -0.4 is 9.80 Å². The van der Waals surface area contributed by atoms with Gasteiger partial charge in [-0.1, -0.05) is 12.1 Å². The minimum absolute atomic E-state index is 0.760. The van der Waals surface area contributed by atoms with Gasteiger partial charge in [0.25, 0.3) is 0 Å². The maximum absolute atomic E-state index is 11.0. The minimum atomic E-state index is 0.760. The Morgan fingerprint density at radius 3 is 2.72 bits per heavy atom. The van der Waals surface area contributed by atoms with Crippen LogP contribution in [0, 0.1) is 0 Å². The number of para-hydroxylation sites is 1. The predicted octanol–water partition coefficient (Wildman–Crippen LogP) is 0.770. The Morgan fingerprint density at radius 2 is 2.06 bits per heavy atom. The van der Waals surface area contributed by atoms with Gasteiger partial charge in [0.1, 0.15) is 0 Å². The first-order chi connectivity index (χ1) is 8.69. The molecule has 100 valence electrons. The van der Waals surface area contributed by atoms with E-state index in [4.69, 9.17) is 0 Å². The molecule has 0 radical (unpaired) electrons. The average molecular weight is 267 g/mol. The van der Waals surface area contributed by atoms with Crippen LogP contribution in [0.25, 0.3) is 0 Å². The number of quaternary nitrogens is 1. The lowest BCUT2D eigenvalue weighted by Gasteiger charge is -2.21. The maximum atomic E-state index is 11.0. The number of nitrogens with zero attached hydrogens (tertiary/aromatic N) is 1. The molecular formula is C14H23N2OS+. The van der Waals surface area contributed by atoms with Crippen LogP contribution >= 0.6 is 12.6 Å². The number of thiol groups is 1. The van der Waals surface area contributed by atoms with Crippen LogP contribution in [0.4, 0.5) is 5.69 Å². The Labute approximate surface area is 115 Å². The average Bonchev–Trinajstić information content (AvgIpc) is 2.38. The van der Waals surface area contributed by atoms with Crippen molar-refractivity contribution < 1.29 is 9.69 Å². The molecule has 0 aliphatic heterocycles. The molecule has 3 nitrogen and oxygen atoms in total. The molecule has 0 spiro atoms. The van der Waals surface area contributed by atoms with E-state index < -0.39 is 0 Å². The lowest BCUT2D eigenvalue weighted by atomic mass is 10.2. The Kier molecular flexibility index (Phi) is 6.83. The Morgan fingerprint density at radius 1 is 1.33 bits per heavy atom. The fourth-order valence-electron chi connectivity index (χ4n) is 1.99. The first-order valence-electron chi connectivity index (χ1n) is 6.36. The van der Waals surface area contributed by atoms with Crippen LogP contribution in [0.3, 0.4) is 0 Å². The predicted molar refractivity (Wildman–Crippen MR) is 80.2 cm³/mol. The fraction of sp³-hybridized carbons (Fsp3) is 0.500. The van der Waals surface area contributed by atoms with E-state index in [0.29, 0.717) is 0 Å². The van der Waals surface area contributed by atoms with Gasteiger partial charge in [0.2, 0.25) is 0 Å². The highest BCUT2D eigenvalue weighted by atomic mass is 32.1. The number of rotatable bonds is 8. The molecule has 0 heterocycles. The summed E-state index contributed by atoms with van der Waals surface area (Å²) in [5.74, 6) is 0.926. The third-order valence-electron chi connectivity index (χ3n) is 3.11. The number of hydrogen-bond donors (Lipinski definition) is 2. The Balaban J connectivity index is 2.45. The zero-order chi connectivity index (χ0) is 13.4. The Bertz CT molecular complexity index is 371. The van der Waals surface area contributed by atoms with Crippen LogP contribution in [0.1, 0.15) is 16.8 Å². The minimum Gasteiger partial charge on any atom is -0.374 e. The van der Waals surface area contributed by atoms with Crippen LogP contribution in [-0.2, 0) is 0 Å². The van der Waals surface area contributed by atoms with E-state index in [9.17, 15) is 4.79 Å². The molecule has 0 bridgehead atoms. The van der Waals surface area contributed by atoms with Gasteiger partial charge in [-0.15, -0.1) is 0 Å². The summed E-state index contributed by atoms with van der Waals surface area (Å²) in [7, 11) is 4.23. The van der Waals surface area contributed by atoms with E-state index in [2.05, 4.69) is 24.6 Å². The van der Waals surface area contributed by atoms with E-state index in [0.717, 1.165) is 49.3 Å². The van der Waals surface area contributed by atoms with Crippen molar-refractivity contribution in [3.05, 3.63) is 29.8 Å². The number of anilines is 1. The third kappa shape index (κ3) is 4.70. The molecular weight excluding hydrogens is 244 g/mol. The second-order valence-electron chi connectivity index (χ2n) is 4.63. The smallest absolute Gasteiger partial charge is 0.152 e. The standard InChI is InChI=1S/C14H22N2OS/c1-15(10-11-18)8-5-9-16(2)14-7-4-3-6-13(14)12-17/h3-4,6-7,12,18H,5,8-11H2,1-2H3/p+1. The van der Waals surface area contributed by atoms with Gasteiger partial charge in [-0.05, 0) is 12.1 Å². The molecule has 1 atom stereocenters. The van der Waals surface area contributed by atoms with E-state index in [1.807, 2.05) is 31.3 Å². The second kappa shape index (κ2) is 8.16. The number of nitrogens with one attached hydrogen (secondary N) is 1. The second-order valence-corrected chi connectivity index (χ2v) is 5.08. The molecule has 0 saturated carbocycles. The van der Waals surface area contributed by atoms with Gasteiger partial charge in [-0.25, -0.2) is 0 Å². The summed E-state index contributed by atoms with van der Waals surface area (Å²) < 4.78 is 0. The van der Waals surface area contributed by atoms with Crippen LogP contribution in [-0.4, -0.2) is 45.8 Å². The summed E-state index contributed by atoms with van der Waals surface area (Å²) in [5.41, 5.74) is 1.77. The summed E-state index contributed by atoms with van der Waals surface area (Å²) >= 11 is 4.24. The largest absolute Gasteiger partial charge is 0.374 e. The topological polar surface area (TPSA) is 24.8 Å². The van der Waals surface area contributed by atoms with Crippen molar-refractivity contribution in [2.24, 2.45) is 0 Å². The SMILES string of the molecule is CN(CCC[NH+](C)CCS)c1ccccc1C=O. The van der Waals surface area contributed by atoms with Gasteiger partial charge >= 0.3 is 0 Å². The molecule has 0 fully saturated rings. The van der Waals surface area contributed by atoms with Crippen molar-refractivity contribution in [2.45, 2.75) is 6.42 Å². The molecule has 18 heavy (non-hydrogen) atoms. The zero-order valence-electron chi connectivity index (χ0n) is 11.2. The maximum Gasteiger partial charge on any atom is 0.152 e. The number of aldehydes is 1. The highest BCUT2D eigenvalue weighted by Crippen LogP contribution is 2.16. The van der Waals surface area contributed by atoms with Crippen LogP contribution in [0.15, 0.2) is 24.3 Å². The quantitative estimate of drug-likeness (QED) is 0.537. The molecule has 0 aromatic heterocycles.